The van der Waals surface area contributed by atoms with Crippen LogP contribution in [0.4, 0.5) is 5.69 Å². The van der Waals surface area contributed by atoms with Crippen molar-refractivity contribution in [1.82, 2.24) is 4.90 Å². The maximum atomic E-state index is 12.4. The number of thiophene rings is 1. The van der Waals surface area contributed by atoms with Crippen LogP contribution in [0.25, 0.3) is 0 Å². The molecule has 0 atom stereocenters. The molecule has 0 aliphatic carbocycles. The molecule has 0 saturated carbocycles. The molecule has 0 aliphatic heterocycles. The summed E-state index contributed by atoms with van der Waals surface area (Å²) in [7, 11) is 1.82. The summed E-state index contributed by atoms with van der Waals surface area (Å²) in [4.78, 5) is 15.4. The van der Waals surface area contributed by atoms with Crippen LogP contribution in [0, 0.1) is 13.8 Å². The molecule has 0 unspecified atom stereocenters. The van der Waals surface area contributed by atoms with E-state index in [1.165, 1.54) is 10.4 Å². The van der Waals surface area contributed by atoms with Gasteiger partial charge in [0, 0.05) is 23.2 Å². The number of amides is 1. The third-order valence-electron chi connectivity index (χ3n) is 3.30. The molecule has 19 heavy (non-hydrogen) atoms. The van der Waals surface area contributed by atoms with Crippen LogP contribution in [-0.2, 0) is 6.54 Å². The molecule has 1 aromatic carbocycles. The Bertz CT molecular complexity index is 604. The van der Waals surface area contributed by atoms with Crippen molar-refractivity contribution in [2.24, 2.45) is 0 Å². The Hall–Kier alpha value is -1.81. The molecule has 0 fully saturated rings. The van der Waals surface area contributed by atoms with E-state index in [-0.39, 0.29) is 5.91 Å². The van der Waals surface area contributed by atoms with Crippen LogP contribution in [0.1, 0.15) is 26.4 Å². The second kappa shape index (κ2) is 5.45. The highest BCUT2D eigenvalue weighted by molar-refractivity contribution is 7.10. The first-order valence-electron chi connectivity index (χ1n) is 6.14. The summed E-state index contributed by atoms with van der Waals surface area (Å²) < 4.78 is 0. The molecule has 0 bridgehead atoms. The van der Waals surface area contributed by atoms with E-state index in [9.17, 15) is 4.79 Å². The first-order chi connectivity index (χ1) is 9.00. The van der Waals surface area contributed by atoms with Crippen LogP contribution in [0.5, 0.6) is 0 Å². The van der Waals surface area contributed by atoms with E-state index in [1.807, 2.05) is 32.2 Å². The summed E-state index contributed by atoms with van der Waals surface area (Å²) in [5, 5.41) is 2.05. The van der Waals surface area contributed by atoms with E-state index in [2.05, 4.69) is 18.4 Å². The van der Waals surface area contributed by atoms with Crippen LogP contribution in [0.3, 0.4) is 0 Å². The minimum Gasteiger partial charge on any atom is -0.398 e. The monoisotopic (exact) mass is 274 g/mol. The molecule has 2 N–H and O–H groups in total. The topological polar surface area (TPSA) is 46.3 Å². The Morgan fingerprint density at radius 3 is 2.68 bits per heavy atom. The minimum absolute atomic E-state index is 0.0117. The van der Waals surface area contributed by atoms with Crippen molar-refractivity contribution in [3.63, 3.8) is 0 Å². The number of carbonyl (C=O) groups excluding carboxylic acids is 1. The number of aryl methyl sites for hydroxylation is 1. The predicted molar refractivity (Wildman–Crippen MR) is 80.4 cm³/mol. The van der Waals surface area contributed by atoms with Gasteiger partial charge in [-0.3, -0.25) is 4.79 Å². The zero-order valence-corrected chi connectivity index (χ0v) is 12.3. The molecule has 1 heterocycles. The van der Waals surface area contributed by atoms with Crippen molar-refractivity contribution >= 4 is 22.9 Å². The van der Waals surface area contributed by atoms with Gasteiger partial charge in [0.25, 0.3) is 5.91 Å². The Kier molecular flexibility index (Phi) is 3.90. The lowest BCUT2D eigenvalue weighted by Gasteiger charge is -2.18. The lowest BCUT2D eigenvalue weighted by atomic mass is 10.1. The molecule has 0 radical (unpaired) electrons. The number of nitrogens with two attached hydrogens (primary N) is 1. The average Bonchev–Trinajstić information content (AvgIpc) is 2.77. The average molecular weight is 274 g/mol. The Morgan fingerprint density at radius 1 is 1.32 bits per heavy atom. The number of anilines is 1. The third kappa shape index (κ3) is 2.79. The van der Waals surface area contributed by atoms with Crippen LogP contribution in [0.15, 0.2) is 29.6 Å². The van der Waals surface area contributed by atoms with Gasteiger partial charge in [0.15, 0.2) is 0 Å². The summed E-state index contributed by atoms with van der Waals surface area (Å²) in [6.45, 7) is 4.58. The van der Waals surface area contributed by atoms with E-state index >= 15 is 0 Å². The standard InChI is InChI=1S/C15H18N2OS/c1-10-7-8-19-14(10)9-17(3)15(18)12-5-4-6-13(16)11(12)2/h4-8H,9,16H2,1-3H3. The molecular weight excluding hydrogens is 256 g/mol. The van der Waals surface area contributed by atoms with Crippen LogP contribution in [-0.4, -0.2) is 17.9 Å². The summed E-state index contributed by atoms with van der Waals surface area (Å²) in [5.74, 6) is 0.0117. The Balaban J connectivity index is 2.20. The first-order valence-corrected chi connectivity index (χ1v) is 7.02. The SMILES string of the molecule is Cc1ccsc1CN(C)C(=O)c1cccc(N)c1C. The third-order valence-corrected chi connectivity index (χ3v) is 4.31. The van der Waals surface area contributed by atoms with Gasteiger partial charge in [-0.15, -0.1) is 11.3 Å². The molecule has 4 heteroatoms. The zero-order chi connectivity index (χ0) is 14.0. The quantitative estimate of drug-likeness (QED) is 0.874. The fraction of sp³-hybridized carbons (Fsp3) is 0.267. The maximum Gasteiger partial charge on any atom is 0.254 e. The van der Waals surface area contributed by atoms with Crippen molar-refractivity contribution < 1.29 is 4.79 Å². The van der Waals surface area contributed by atoms with E-state index in [1.54, 1.807) is 16.2 Å². The molecule has 0 spiro atoms. The van der Waals surface area contributed by atoms with Gasteiger partial charge < -0.3 is 10.6 Å². The number of hydrogen-bond donors (Lipinski definition) is 1. The summed E-state index contributed by atoms with van der Waals surface area (Å²) >= 11 is 1.68. The van der Waals surface area contributed by atoms with Gasteiger partial charge in [0.05, 0.1) is 6.54 Å². The molecule has 1 aromatic heterocycles. The van der Waals surface area contributed by atoms with Crippen molar-refractivity contribution in [1.29, 1.82) is 0 Å². The largest absolute Gasteiger partial charge is 0.398 e. The van der Waals surface area contributed by atoms with Crippen LogP contribution >= 0.6 is 11.3 Å². The molecule has 2 aromatic rings. The van der Waals surface area contributed by atoms with Gasteiger partial charge in [-0.05, 0) is 48.6 Å². The van der Waals surface area contributed by atoms with Gasteiger partial charge >= 0.3 is 0 Å². The van der Waals surface area contributed by atoms with Crippen molar-refractivity contribution in [2.45, 2.75) is 20.4 Å². The number of nitrogens with zero attached hydrogens (tertiary/aromatic N) is 1. The van der Waals surface area contributed by atoms with E-state index in [0.29, 0.717) is 17.8 Å². The molecular formula is C15H18N2OS. The van der Waals surface area contributed by atoms with Crippen LogP contribution < -0.4 is 5.73 Å². The van der Waals surface area contributed by atoms with E-state index in [4.69, 9.17) is 5.73 Å². The van der Waals surface area contributed by atoms with Gasteiger partial charge in [0.1, 0.15) is 0 Å². The smallest absolute Gasteiger partial charge is 0.254 e. The molecule has 1 amide bonds. The van der Waals surface area contributed by atoms with Gasteiger partial charge in [-0.25, -0.2) is 0 Å². The van der Waals surface area contributed by atoms with Crippen molar-refractivity contribution in [3.05, 3.63) is 51.2 Å². The zero-order valence-electron chi connectivity index (χ0n) is 11.4. The minimum atomic E-state index is 0.0117. The highest BCUT2D eigenvalue weighted by Gasteiger charge is 2.16. The number of benzene rings is 1. The van der Waals surface area contributed by atoms with Crippen molar-refractivity contribution in [2.75, 3.05) is 12.8 Å². The van der Waals surface area contributed by atoms with Gasteiger partial charge in [-0.1, -0.05) is 6.07 Å². The number of rotatable bonds is 3. The normalized spacial score (nSPS) is 10.5. The fourth-order valence-electron chi connectivity index (χ4n) is 1.94. The predicted octanol–water partition coefficient (Wildman–Crippen LogP) is 3.22. The number of carbonyl (C=O) groups is 1. The second-order valence-electron chi connectivity index (χ2n) is 4.71. The second-order valence-corrected chi connectivity index (χ2v) is 5.71. The molecule has 0 aliphatic rings. The van der Waals surface area contributed by atoms with E-state index in [0.717, 1.165) is 5.56 Å². The Labute approximate surface area is 117 Å². The fourth-order valence-corrected chi connectivity index (χ4v) is 2.90. The molecule has 100 valence electrons. The van der Waals surface area contributed by atoms with Gasteiger partial charge in [-0.2, -0.15) is 0 Å². The van der Waals surface area contributed by atoms with Gasteiger partial charge in [0.2, 0.25) is 0 Å². The molecule has 3 nitrogen and oxygen atoms in total. The van der Waals surface area contributed by atoms with Crippen LogP contribution in [0.2, 0.25) is 0 Å². The summed E-state index contributed by atoms with van der Waals surface area (Å²) in [6, 6.07) is 7.53. The number of hydrogen-bond acceptors (Lipinski definition) is 3. The lowest BCUT2D eigenvalue weighted by Crippen LogP contribution is -2.26. The Morgan fingerprint density at radius 2 is 2.05 bits per heavy atom. The highest BCUT2D eigenvalue weighted by Crippen LogP contribution is 2.21. The van der Waals surface area contributed by atoms with E-state index < -0.39 is 0 Å². The van der Waals surface area contributed by atoms with Crippen molar-refractivity contribution in [3.8, 4) is 0 Å². The first kappa shape index (κ1) is 13.6. The summed E-state index contributed by atoms with van der Waals surface area (Å²) in [6.07, 6.45) is 0. The molecule has 0 saturated heterocycles. The highest BCUT2D eigenvalue weighted by atomic mass is 32.1. The number of nitrogen functional groups attached to an aromatic ring is 1. The lowest BCUT2D eigenvalue weighted by molar-refractivity contribution is 0.0785. The molecule has 2 rings (SSSR count). The maximum absolute atomic E-state index is 12.4. The summed E-state index contributed by atoms with van der Waals surface area (Å²) in [5.41, 5.74) is 9.27.